The minimum Gasteiger partial charge on any atom is -0.478 e. The molecule has 1 aromatic heterocycles. The minimum atomic E-state index is -0.969. The second-order valence-electron chi connectivity index (χ2n) is 4.41. The maximum Gasteiger partial charge on any atom is 0.337 e. The smallest absolute Gasteiger partial charge is 0.337 e. The highest BCUT2D eigenvalue weighted by Crippen LogP contribution is 2.34. The van der Waals surface area contributed by atoms with Gasteiger partial charge < -0.3 is 10.2 Å². The van der Waals surface area contributed by atoms with Crippen molar-refractivity contribution in [2.75, 3.05) is 5.75 Å². The molecule has 0 bridgehead atoms. The summed E-state index contributed by atoms with van der Waals surface area (Å²) in [4.78, 5) is 14.7. The number of aromatic nitrogens is 1. The van der Waals surface area contributed by atoms with Gasteiger partial charge in [-0.3, -0.25) is 0 Å². The number of carbonyl (C=O) groups is 1. The van der Waals surface area contributed by atoms with Gasteiger partial charge in [0.25, 0.3) is 0 Å². The summed E-state index contributed by atoms with van der Waals surface area (Å²) in [5.74, 6) is -0.338. The van der Waals surface area contributed by atoms with E-state index in [4.69, 9.17) is 5.11 Å². The van der Waals surface area contributed by atoms with E-state index < -0.39 is 11.6 Å². The SMILES string of the molecule is O=C(O)c1ccc(SCC2(O)CCCC2)nc1. The first-order valence-corrected chi connectivity index (χ1v) is 6.62. The number of aliphatic hydroxyl groups is 1. The van der Waals surface area contributed by atoms with E-state index in [0.29, 0.717) is 5.75 Å². The number of hydrogen-bond donors (Lipinski definition) is 2. The first kappa shape index (κ1) is 12.4. The molecule has 1 saturated carbocycles. The van der Waals surface area contributed by atoms with Crippen LogP contribution < -0.4 is 0 Å². The molecule has 1 heterocycles. The summed E-state index contributed by atoms with van der Waals surface area (Å²) in [5, 5.41) is 19.6. The van der Waals surface area contributed by atoms with Gasteiger partial charge in [-0.1, -0.05) is 12.8 Å². The van der Waals surface area contributed by atoms with Crippen LogP contribution in [0, 0.1) is 0 Å². The molecule has 0 atom stereocenters. The molecule has 0 saturated heterocycles. The molecule has 17 heavy (non-hydrogen) atoms. The van der Waals surface area contributed by atoms with Crippen LogP contribution in [0.5, 0.6) is 0 Å². The van der Waals surface area contributed by atoms with Crippen LogP contribution >= 0.6 is 11.8 Å². The summed E-state index contributed by atoms with van der Waals surface area (Å²) in [7, 11) is 0. The molecule has 92 valence electrons. The van der Waals surface area contributed by atoms with Crippen LogP contribution in [0.3, 0.4) is 0 Å². The number of carboxylic acids is 1. The van der Waals surface area contributed by atoms with E-state index in [0.717, 1.165) is 30.7 Å². The molecule has 0 aliphatic heterocycles. The lowest BCUT2D eigenvalue weighted by Gasteiger charge is -2.20. The molecule has 0 amide bonds. The largest absolute Gasteiger partial charge is 0.478 e. The van der Waals surface area contributed by atoms with E-state index in [1.54, 1.807) is 6.07 Å². The molecule has 1 aliphatic carbocycles. The van der Waals surface area contributed by atoms with E-state index in [2.05, 4.69) is 4.98 Å². The van der Waals surface area contributed by atoms with Crippen molar-refractivity contribution in [3.05, 3.63) is 23.9 Å². The maximum absolute atomic E-state index is 10.6. The molecule has 0 spiro atoms. The third-order valence-electron chi connectivity index (χ3n) is 3.01. The van der Waals surface area contributed by atoms with Crippen molar-refractivity contribution in [2.24, 2.45) is 0 Å². The Morgan fingerprint density at radius 1 is 1.41 bits per heavy atom. The van der Waals surface area contributed by atoms with Crippen molar-refractivity contribution < 1.29 is 15.0 Å². The van der Waals surface area contributed by atoms with Gasteiger partial charge in [-0.05, 0) is 25.0 Å². The zero-order valence-electron chi connectivity index (χ0n) is 9.43. The van der Waals surface area contributed by atoms with Crippen LogP contribution in [0.2, 0.25) is 0 Å². The Labute approximate surface area is 104 Å². The fraction of sp³-hybridized carbons (Fsp3) is 0.500. The molecule has 0 unspecified atom stereocenters. The van der Waals surface area contributed by atoms with Crippen LogP contribution in [0.25, 0.3) is 0 Å². The van der Waals surface area contributed by atoms with Crippen molar-refractivity contribution in [2.45, 2.75) is 36.3 Å². The Bertz CT molecular complexity index is 399. The summed E-state index contributed by atoms with van der Waals surface area (Å²) >= 11 is 1.48. The summed E-state index contributed by atoms with van der Waals surface area (Å²) in [6, 6.07) is 3.22. The highest BCUT2D eigenvalue weighted by molar-refractivity contribution is 7.99. The van der Waals surface area contributed by atoms with Crippen LogP contribution in [0.1, 0.15) is 36.0 Å². The van der Waals surface area contributed by atoms with Crippen molar-refractivity contribution in [1.29, 1.82) is 0 Å². The lowest BCUT2D eigenvalue weighted by Crippen LogP contribution is -2.27. The summed E-state index contributed by atoms with van der Waals surface area (Å²) < 4.78 is 0. The zero-order chi connectivity index (χ0) is 12.3. The third kappa shape index (κ3) is 3.20. The Hall–Kier alpha value is -1.07. The second-order valence-corrected chi connectivity index (χ2v) is 5.41. The molecule has 2 N–H and O–H groups in total. The van der Waals surface area contributed by atoms with Gasteiger partial charge in [0, 0.05) is 11.9 Å². The Balaban J connectivity index is 1.93. The van der Waals surface area contributed by atoms with E-state index in [9.17, 15) is 9.90 Å². The van der Waals surface area contributed by atoms with Crippen LogP contribution in [0.15, 0.2) is 23.4 Å². The molecule has 1 aromatic rings. The minimum absolute atomic E-state index is 0.189. The lowest BCUT2D eigenvalue weighted by molar-refractivity contribution is 0.0694. The van der Waals surface area contributed by atoms with Crippen molar-refractivity contribution in [3.8, 4) is 0 Å². The standard InChI is InChI=1S/C12H15NO3S/c14-11(15)9-3-4-10(13-7-9)17-8-12(16)5-1-2-6-12/h3-4,7,16H,1-2,5-6,8H2,(H,14,15). The number of aromatic carboxylic acids is 1. The highest BCUT2D eigenvalue weighted by atomic mass is 32.2. The molecule has 0 radical (unpaired) electrons. The number of rotatable bonds is 4. The van der Waals surface area contributed by atoms with Gasteiger partial charge in [0.1, 0.15) is 0 Å². The van der Waals surface area contributed by atoms with Gasteiger partial charge in [0.15, 0.2) is 0 Å². The Kier molecular flexibility index (Phi) is 3.69. The molecule has 1 fully saturated rings. The van der Waals surface area contributed by atoms with Gasteiger partial charge in [-0.15, -0.1) is 11.8 Å². The normalized spacial score (nSPS) is 18.2. The summed E-state index contributed by atoms with van der Waals surface area (Å²) in [5.41, 5.74) is -0.369. The molecule has 1 aliphatic rings. The zero-order valence-corrected chi connectivity index (χ0v) is 10.2. The van der Waals surface area contributed by atoms with Crippen molar-refractivity contribution >= 4 is 17.7 Å². The average Bonchev–Trinajstić information content (AvgIpc) is 2.75. The quantitative estimate of drug-likeness (QED) is 0.805. The molecular formula is C12H15NO3S. The van der Waals surface area contributed by atoms with E-state index in [1.807, 2.05) is 0 Å². The molecule has 5 heteroatoms. The number of carboxylic acid groups (broad SMARTS) is 1. The lowest BCUT2D eigenvalue weighted by atomic mass is 10.1. The van der Waals surface area contributed by atoms with Gasteiger partial charge >= 0.3 is 5.97 Å². The van der Waals surface area contributed by atoms with Gasteiger partial charge in [0.05, 0.1) is 16.2 Å². The van der Waals surface area contributed by atoms with E-state index >= 15 is 0 Å². The topological polar surface area (TPSA) is 70.4 Å². The monoisotopic (exact) mass is 253 g/mol. The van der Waals surface area contributed by atoms with Crippen molar-refractivity contribution in [1.82, 2.24) is 4.98 Å². The summed E-state index contributed by atoms with van der Waals surface area (Å²) in [6.45, 7) is 0. The second kappa shape index (κ2) is 5.06. The predicted molar refractivity (Wildman–Crippen MR) is 65.3 cm³/mol. The number of nitrogens with zero attached hydrogens (tertiary/aromatic N) is 1. The first-order valence-electron chi connectivity index (χ1n) is 5.64. The number of pyridine rings is 1. The third-order valence-corrected chi connectivity index (χ3v) is 4.23. The Morgan fingerprint density at radius 2 is 2.12 bits per heavy atom. The fourth-order valence-electron chi connectivity index (χ4n) is 1.98. The average molecular weight is 253 g/mol. The molecule has 0 aromatic carbocycles. The molecule has 4 nitrogen and oxygen atoms in total. The predicted octanol–water partition coefficient (Wildman–Crippen LogP) is 2.18. The van der Waals surface area contributed by atoms with Gasteiger partial charge in [-0.25, -0.2) is 9.78 Å². The van der Waals surface area contributed by atoms with E-state index in [1.165, 1.54) is 24.0 Å². The maximum atomic E-state index is 10.6. The first-order chi connectivity index (χ1) is 8.09. The van der Waals surface area contributed by atoms with Crippen LogP contribution in [0.4, 0.5) is 0 Å². The number of thioether (sulfide) groups is 1. The van der Waals surface area contributed by atoms with Crippen molar-refractivity contribution in [3.63, 3.8) is 0 Å². The number of hydrogen-bond acceptors (Lipinski definition) is 4. The summed E-state index contributed by atoms with van der Waals surface area (Å²) in [6.07, 6.45) is 5.23. The molecule has 2 rings (SSSR count). The van der Waals surface area contributed by atoms with Gasteiger partial charge in [-0.2, -0.15) is 0 Å². The van der Waals surface area contributed by atoms with Crippen LogP contribution in [-0.2, 0) is 0 Å². The Morgan fingerprint density at radius 3 is 2.65 bits per heavy atom. The van der Waals surface area contributed by atoms with E-state index in [-0.39, 0.29) is 5.56 Å². The van der Waals surface area contributed by atoms with Gasteiger partial charge in [0.2, 0.25) is 0 Å². The molecular weight excluding hydrogens is 238 g/mol. The fourth-order valence-corrected chi connectivity index (χ4v) is 2.97. The van der Waals surface area contributed by atoms with Crippen LogP contribution in [-0.4, -0.2) is 32.5 Å². The highest BCUT2D eigenvalue weighted by Gasteiger charge is 2.31.